The van der Waals surface area contributed by atoms with Crippen molar-refractivity contribution in [1.29, 1.82) is 0 Å². The number of benzene rings is 4. The molecule has 1 aliphatic heterocycles. The van der Waals surface area contributed by atoms with E-state index in [0.717, 1.165) is 10.8 Å². The summed E-state index contributed by atoms with van der Waals surface area (Å²) < 4.78 is 28.1. The Kier molecular flexibility index (Phi) is 5.87. The van der Waals surface area contributed by atoms with E-state index in [1.54, 1.807) is 12.1 Å². The van der Waals surface area contributed by atoms with Gasteiger partial charge in [0, 0.05) is 13.1 Å². The van der Waals surface area contributed by atoms with E-state index >= 15 is 0 Å². The Hall–Kier alpha value is -3.22. The van der Waals surface area contributed by atoms with Gasteiger partial charge < -0.3 is 5.32 Å². The van der Waals surface area contributed by atoms with E-state index in [1.165, 1.54) is 20.6 Å². The molecule has 1 amide bonds. The van der Waals surface area contributed by atoms with Crippen LogP contribution in [0.1, 0.15) is 18.4 Å². The molecule has 1 N–H and O–H groups in total. The van der Waals surface area contributed by atoms with Crippen molar-refractivity contribution in [2.45, 2.75) is 30.2 Å². The molecular formula is C27H26N2O3S. The smallest absolute Gasteiger partial charge is 0.243 e. The maximum Gasteiger partial charge on any atom is 0.243 e. The second kappa shape index (κ2) is 8.96. The van der Waals surface area contributed by atoms with Crippen LogP contribution in [0.15, 0.2) is 89.8 Å². The normalized spacial score (nSPS) is 16.9. The monoisotopic (exact) mass is 458 g/mol. The number of carbonyl (C=O) groups is 1. The van der Waals surface area contributed by atoms with Crippen LogP contribution in [-0.4, -0.2) is 37.8 Å². The van der Waals surface area contributed by atoms with Gasteiger partial charge in [-0.05, 0) is 58.5 Å². The number of hydrogen-bond acceptors (Lipinski definition) is 3. The minimum absolute atomic E-state index is 0.225. The van der Waals surface area contributed by atoms with Crippen molar-refractivity contribution in [3.8, 4) is 0 Å². The molecule has 0 bridgehead atoms. The van der Waals surface area contributed by atoms with Gasteiger partial charge in [0.05, 0.1) is 4.90 Å². The summed E-state index contributed by atoms with van der Waals surface area (Å²) in [5.41, 5.74) is 1.17. The number of amides is 1. The van der Waals surface area contributed by atoms with Gasteiger partial charge in [-0.15, -0.1) is 0 Å². The molecule has 1 atom stereocenters. The molecule has 5 nitrogen and oxygen atoms in total. The summed E-state index contributed by atoms with van der Waals surface area (Å²) >= 11 is 0. The van der Waals surface area contributed by atoms with Crippen LogP contribution < -0.4 is 5.32 Å². The summed E-state index contributed by atoms with van der Waals surface area (Å²) in [7, 11) is -3.76. The molecule has 1 fully saturated rings. The van der Waals surface area contributed by atoms with Gasteiger partial charge in [0.25, 0.3) is 0 Å². The number of nitrogens with one attached hydrogen (secondary N) is 1. The summed E-state index contributed by atoms with van der Waals surface area (Å²) in [6.45, 7) is 0.823. The molecule has 0 spiro atoms. The molecule has 1 saturated heterocycles. The molecule has 168 valence electrons. The Morgan fingerprint density at radius 1 is 0.879 bits per heavy atom. The zero-order chi connectivity index (χ0) is 22.8. The molecular weight excluding hydrogens is 432 g/mol. The lowest BCUT2D eigenvalue weighted by atomic mass is 10.0. The van der Waals surface area contributed by atoms with Gasteiger partial charge in [0.15, 0.2) is 0 Å². The van der Waals surface area contributed by atoms with Gasteiger partial charge in [-0.2, -0.15) is 4.31 Å². The quantitative estimate of drug-likeness (QED) is 0.462. The number of carbonyl (C=O) groups excluding carboxylic acids is 1. The first-order chi connectivity index (χ1) is 16.0. The van der Waals surface area contributed by atoms with Crippen molar-refractivity contribution in [3.63, 3.8) is 0 Å². The molecule has 4 aromatic rings. The molecule has 0 unspecified atom stereocenters. The Morgan fingerprint density at radius 3 is 2.45 bits per heavy atom. The summed E-state index contributed by atoms with van der Waals surface area (Å²) in [5.74, 6) is -0.225. The summed E-state index contributed by atoms with van der Waals surface area (Å²) in [6.07, 6.45) is 1.90. The van der Waals surface area contributed by atoms with Crippen molar-refractivity contribution in [2.24, 2.45) is 0 Å². The average molecular weight is 459 g/mol. The van der Waals surface area contributed by atoms with E-state index in [0.29, 0.717) is 32.4 Å². The Morgan fingerprint density at radius 2 is 1.61 bits per heavy atom. The molecule has 6 heteroatoms. The number of fused-ring (bicyclic) bond motifs is 2. The fourth-order valence-corrected chi connectivity index (χ4v) is 6.39. The minimum atomic E-state index is -3.76. The van der Waals surface area contributed by atoms with Gasteiger partial charge >= 0.3 is 0 Å². The first-order valence-corrected chi connectivity index (χ1v) is 12.7. The van der Waals surface area contributed by atoms with Crippen LogP contribution in [0.25, 0.3) is 21.5 Å². The second-order valence-electron chi connectivity index (χ2n) is 8.46. The number of rotatable bonds is 6. The average Bonchev–Trinajstić information content (AvgIpc) is 3.35. The van der Waals surface area contributed by atoms with E-state index in [2.05, 4.69) is 29.6 Å². The summed E-state index contributed by atoms with van der Waals surface area (Å²) in [4.78, 5) is 13.2. The van der Waals surface area contributed by atoms with Crippen molar-refractivity contribution >= 4 is 37.5 Å². The Bertz CT molecular complexity index is 1430. The predicted molar refractivity (Wildman–Crippen MR) is 132 cm³/mol. The van der Waals surface area contributed by atoms with E-state index < -0.39 is 16.1 Å². The first kappa shape index (κ1) is 21.6. The fraction of sp³-hybridized carbons (Fsp3) is 0.222. The van der Waals surface area contributed by atoms with Crippen LogP contribution in [0.5, 0.6) is 0 Å². The number of hydrogen-bond donors (Lipinski definition) is 1. The van der Waals surface area contributed by atoms with E-state index in [4.69, 9.17) is 0 Å². The molecule has 0 radical (unpaired) electrons. The Labute approximate surface area is 194 Å². The molecule has 1 heterocycles. The summed E-state index contributed by atoms with van der Waals surface area (Å²) in [6, 6.07) is 26.5. The maximum absolute atomic E-state index is 13.4. The van der Waals surface area contributed by atoms with Gasteiger partial charge in [-0.25, -0.2) is 8.42 Å². The highest BCUT2D eigenvalue weighted by Gasteiger charge is 2.39. The number of nitrogens with zero attached hydrogens (tertiary/aromatic N) is 1. The fourth-order valence-electron chi connectivity index (χ4n) is 4.70. The van der Waals surface area contributed by atoms with Gasteiger partial charge in [0.1, 0.15) is 6.04 Å². The highest BCUT2D eigenvalue weighted by Crippen LogP contribution is 2.28. The van der Waals surface area contributed by atoms with Crippen LogP contribution in [0.4, 0.5) is 0 Å². The third-order valence-electron chi connectivity index (χ3n) is 6.41. The van der Waals surface area contributed by atoms with E-state index in [-0.39, 0.29) is 10.8 Å². The van der Waals surface area contributed by atoms with Crippen molar-refractivity contribution in [2.75, 3.05) is 13.1 Å². The van der Waals surface area contributed by atoms with Crippen LogP contribution >= 0.6 is 0 Å². The van der Waals surface area contributed by atoms with Crippen molar-refractivity contribution < 1.29 is 13.2 Å². The topological polar surface area (TPSA) is 66.5 Å². The second-order valence-corrected chi connectivity index (χ2v) is 10.4. The van der Waals surface area contributed by atoms with Crippen LogP contribution in [0.2, 0.25) is 0 Å². The highest BCUT2D eigenvalue weighted by molar-refractivity contribution is 7.89. The first-order valence-electron chi connectivity index (χ1n) is 11.3. The molecule has 0 saturated carbocycles. The molecule has 1 aliphatic rings. The maximum atomic E-state index is 13.4. The lowest BCUT2D eigenvalue weighted by Gasteiger charge is -2.23. The lowest BCUT2D eigenvalue weighted by molar-refractivity contribution is -0.124. The standard InChI is InChI=1S/C27H26N2O3S/c30-27(28-17-16-22-11-5-10-21-8-3-4-12-25(21)22)26-13-6-18-29(26)33(31,32)24-15-14-20-7-1-2-9-23(20)19-24/h1-5,7-12,14-15,19,26H,6,13,16-18H2,(H,28,30)/t26-/m1/s1. The molecule has 0 aliphatic carbocycles. The van der Waals surface area contributed by atoms with Crippen LogP contribution in [-0.2, 0) is 21.2 Å². The molecule has 33 heavy (non-hydrogen) atoms. The molecule has 0 aromatic heterocycles. The van der Waals surface area contributed by atoms with Crippen molar-refractivity contribution in [3.05, 3.63) is 90.5 Å². The van der Waals surface area contributed by atoms with Crippen molar-refractivity contribution in [1.82, 2.24) is 9.62 Å². The third-order valence-corrected chi connectivity index (χ3v) is 8.31. The zero-order valence-corrected chi connectivity index (χ0v) is 19.1. The van der Waals surface area contributed by atoms with Crippen LogP contribution in [0, 0.1) is 0 Å². The zero-order valence-electron chi connectivity index (χ0n) is 18.3. The molecule has 4 aromatic carbocycles. The van der Waals surface area contributed by atoms with Gasteiger partial charge in [0.2, 0.25) is 15.9 Å². The van der Waals surface area contributed by atoms with Gasteiger partial charge in [-0.3, -0.25) is 4.79 Å². The van der Waals surface area contributed by atoms with E-state index in [1.807, 2.05) is 48.5 Å². The highest BCUT2D eigenvalue weighted by atomic mass is 32.2. The Balaban J connectivity index is 1.29. The largest absolute Gasteiger partial charge is 0.354 e. The third kappa shape index (κ3) is 4.24. The minimum Gasteiger partial charge on any atom is -0.354 e. The predicted octanol–water partition coefficient (Wildman–Crippen LogP) is 4.51. The lowest BCUT2D eigenvalue weighted by Crippen LogP contribution is -2.46. The van der Waals surface area contributed by atoms with Gasteiger partial charge in [-0.1, -0.05) is 72.8 Å². The summed E-state index contributed by atoms with van der Waals surface area (Å²) in [5, 5.41) is 7.18. The molecule has 5 rings (SSSR count). The van der Waals surface area contributed by atoms with Crippen LogP contribution in [0.3, 0.4) is 0 Å². The SMILES string of the molecule is O=C(NCCc1cccc2ccccc12)[C@H]1CCCN1S(=O)(=O)c1ccc2ccccc2c1. The van der Waals surface area contributed by atoms with E-state index in [9.17, 15) is 13.2 Å². The number of sulfonamides is 1.